The molecule has 0 saturated carbocycles. The van der Waals surface area contributed by atoms with E-state index < -0.39 is 0 Å². The SMILES string of the molecule is CC1CNCCC1NC(=O)COc1ccc(Oc2ccccn2)cc1.Cl.Cl. The highest BCUT2D eigenvalue weighted by molar-refractivity contribution is 5.85. The number of nitrogens with one attached hydrogen (secondary N) is 2. The fourth-order valence-corrected chi connectivity index (χ4v) is 2.76. The summed E-state index contributed by atoms with van der Waals surface area (Å²) in [5.74, 6) is 2.17. The number of hydrogen-bond acceptors (Lipinski definition) is 5. The Hall–Kier alpha value is -2.02. The smallest absolute Gasteiger partial charge is 0.258 e. The summed E-state index contributed by atoms with van der Waals surface area (Å²) in [5.41, 5.74) is 0. The first kappa shape index (κ1) is 23.0. The molecule has 0 spiro atoms. The first-order valence-electron chi connectivity index (χ1n) is 8.52. The van der Waals surface area contributed by atoms with Crippen molar-refractivity contribution in [2.45, 2.75) is 19.4 Å². The molecular weight excluding hydrogens is 389 g/mol. The van der Waals surface area contributed by atoms with E-state index in [4.69, 9.17) is 9.47 Å². The Morgan fingerprint density at radius 3 is 2.59 bits per heavy atom. The summed E-state index contributed by atoms with van der Waals surface area (Å²) in [7, 11) is 0. The molecular formula is C19H25Cl2N3O3. The third kappa shape index (κ3) is 7.25. The largest absolute Gasteiger partial charge is 0.484 e. The van der Waals surface area contributed by atoms with Crippen LogP contribution in [0.15, 0.2) is 48.7 Å². The zero-order valence-electron chi connectivity index (χ0n) is 15.1. The molecule has 6 nitrogen and oxygen atoms in total. The number of aromatic nitrogens is 1. The first-order valence-corrected chi connectivity index (χ1v) is 8.52. The average Bonchev–Trinajstić information content (AvgIpc) is 2.64. The molecule has 0 radical (unpaired) electrons. The van der Waals surface area contributed by atoms with Crippen LogP contribution < -0.4 is 20.1 Å². The maximum Gasteiger partial charge on any atom is 0.258 e. The molecule has 2 aromatic rings. The van der Waals surface area contributed by atoms with E-state index >= 15 is 0 Å². The van der Waals surface area contributed by atoms with Gasteiger partial charge in [0, 0.05) is 18.3 Å². The van der Waals surface area contributed by atoms with Gasteiger partial charge in [-0.2, -0.15) is 0 Å². The van der Waals surface area contributed by atoms with Gasteiger partial charge in [-0.05, 0) is 55.8 Å². The van der Waals surface area contributed by atoms with E-state index in [2.05, 4.69) is 22.5 Å². The van der Waals surface area contributed by atoms with E-state index in [1.54, 1.807) is 36.5 Å². The number of halogens is 2. The van der Waals surface area contributed by atoms with Crippen LogP contribution in [0.5, 0.6) is 17.4 Å². The monoisotopic (exact) mass is 413 g/mol. The van der Waals surface area contributed by atoms with E-state index in [-0.39, 0.29) is 43.4 Å². The van der Waals surface area contributed by atoms with E-state index in [1.165, 1.54) is 0 Å². The normalized spacial score (nSPS) is 18.4. The minimum atomic E-state index is -0.0902. The van der Waals surface area contributed by atoms with Crippen molar-refractivity contribution in [2.24, 2.45) is 5.92 Å². The van der Waals surface area contributed by atoms with Gasteiger partial charge in [0.15, 0.2) is 6.61 Å². The molecule has 1 aliphatic heterocycles. The minimum absolute atomic E-state index is 0. The summed E-state index contributed by atoms with van der Waals surface area (Å²) >= 11 is 0. The Balaban J connectivity index is 0.00000182. The molecule has 1 amide bonds. The van der Waals surface area contributed by atoms with Crippen LogP contribution in [0.3, 0.4) is 0 Å². The molecule has 1 aliphatic rings. The molecule has 148 valence electrons. The van der Waals surface area contributed by atoms with Gasteiger partial charge in [-0.25, -0.2) is 4.98 Å². The fraction of sp³-hybridized carbons (Fsp3) is 0.368. The second-order valence-corrected chi connectivity index (χ2v) is 6.17. The van der Waals surface area contributed by atoms with Crippen LogP contribution in [0.1, 0.15) is 13.3 Å². The second-order valence-electron chi connectivity index (χ2n) is 6.17. The highest BCUT2D eigenvalue weighted by Crippen LogP contribution is 2.22. The molecule has 1 aromatic heterocycles. The second kappa shape index (κ2) is 11.6. The topological polar surface area (TPSA) is 72.5 Å². The number of carbonyl (C=O) groups is 1. The molecule has 2 N–H and O–H groups in total. The third-order valence-corrected chi connectivity index (χ3v) is 4.19. The lowest BCUT2D eigenvalue weighted by atomic mass is 9.95. The van der Waals surface area contributed by atoms with Crippen molar-refractivity contribution >= 4 is 30.7 Å². The highest BCUT2D eigenvalue weighted by atomic mass is 35.5. The maximum atomic E-state index is 12.0. The van der Waals surface area contributed by atoms with Gasteiger partial charge in [-0.1, -0.05) is 13.0 Å². The predicted molar refractivity (Wildman–Crippen MR) is 109 cm³/mol. The maximum absolute atomic E-state index is 12.0. The lowest BCUT2D eigenvalue weighted by molar-refractivity contribution is -0.124. The molecule has 1 aromatic carbocycles. The summed E-state index contributed by atoms with van der Waals surface area (Å²) in [5, 5.41) is 6.37. The van der Waals surface area contributed by atoms with E-state index in [0.717, 1.165) is 19.5 Å². The quantitative estimate of drug-likeness (QED) is 0.760. The van der Waals surface area contributed by atoms with Crippen LogP contribution in [0, 0.1) is 5.92 Å². The number of piperidine rings is 1. The van der Waals surface area contributed by atoms with E-state index in [1.807, 2.05) is 12.1 Å². The first-order chi connectivity index (χ1) is 12.2. The van der Waals surface area contributed by atoms with Gasteiger partial charge in [0.05, 0.1) is 0 Å². The zero-order chi connectivity index (χ0) is 17.5. The number of amides is 1. The molecule has 2 unspecified atom stereocenters. The molecule has 8 heteroatoms. The van der Waals surface area contributed by atoms with Crippen LogP contribution in [-0.4, -0.2) is 36.6 Å². The molecule has 0 aliphatic carbocycles. The van der Waals surface area contributed by atoms with Gasteiger partial charge in [0.1, 0.15) is 11.5 Å². The number of nitrogens with zero attached hydrogens (tertiary/aromatic N) is 1. The van der Waals surface area contributed by atoms with Crippen molar-refractivity contribution in [2.75, 3.05) is 19.7 Å². The number of ether oxygens (including phenoxy) is 2. The van der Waals surface area contributed by atoms with Gasteiger partial charge < -0.3 is 20.1 Å². The molecule has 2 atom stereocenters. The number of hydrogen-bond donors (Lipinski definition) is 2. The van der Waals surface area contributed by atoms with Gasteiger partial charge in [-0.3, -0.25) is 4.79 Å². The number of rotatable bonds is 6. The Kier molecular flexibility index (Phi) is 9.93. The minimum Gasteiger partial charge on any atom is -0.484 e. The molecule has 2 heterocycles. The lowest BCUT2D eigenvalue weighted by Gasteiger charge is -2.30. The lowest BCUT2D eigenvalue weighted by Crippen LogP contribution is -2.49. The van der Waals surface area contributed by atoms with Crippen molar-refractivity contribution in [3.05, 3.63) is 48.7 Å². The zero-order valence-corrected chi connectivity index (χ0v) is 16.7. The Morgan fingerprint density at radius 2 is 1.93 bits per heavy atom. The standard InChI is InChI=1S/C19H23N3O3.2ClH/c1-14-12-20-11-9-17(14)22-18(23)13-24-15-5-7-16(8-6-15)25-19-4-2-3-10-21-19;;/h2-8,10,14,17,20H,9,11-13H2,1H3,(H,22,23);2*1H. The van der Waals surface area contributed by atoms with Crippen LogP contribution in [0.2, 0.25) is 0 Å². The summed E-state index contributed by atoms with van der Waals surface area (Å²) in [6.45, 7) is 4.02. The van der Waals surface area contributed by atoms with Crippen LogP contribution in [-0.2, 0) is 4.79 Å². The average molecular weight is 414 g/mol. The van der Waals surface area contributed by atoms with E-state index in [9.17, 15) is 4.79 Å². The van der Waals surface area contributed by atoms with Crippen molar-refractivity contribution in [1.82, 2.24) is 15.6 Å². The Labute approximate surface area is 171 Å². The van der Waals surface area contributed by atoms with Gasteiger partial charge >= 0.3 is 0 Å². The summed E-state index contributed by atoms with van der Waals surface area (Å²) in [4.78, 5) is 16.2. The summed E-state index contributed by atoms with van der Waals surface area (Å²) in [6.07, 6.45) is 2.63. The van der Waals surface area contributed by atoms with Crippen molar-refractivity contribution in [3.8, 4) is 17.4 Å². The molecule has 3 rings (SSSR count). The summed E-state index contributed by atoms with van der Waals surface area (Å²) in [6, 6.07) is 12.8. The number of pyridine rings is 1. The van der Waals surface area contributed by atoms with Crippen LogP contribution in [0.4, 0.5) is 0 Å². The van der Waals surface area contributed by atoms with Gasteiger partial charge in [0.25, 0.3) is 5.91 Å². The molecule has 27 heavy (non-hydrogen) atoms. The van der Waals surface area contributed by atoms with Crippen LogP contribution >= 0.6 is 24.8 Å². The van der Waals surface area contributed by atoms with E-state index in [0.29, 0.717) is 23.3 Å². The van der Waals surface area contributed by atoms with Crippen molar-refractivity contribution in [1.29, 1.82) is 0 Å². The van der Waals surface area contributed by atoms with Gasteiger partial charge in [-0.15, -0.1) is 24.8 Å². The fourth-order valence-electron chi connectivity index (χ4n) is 2.76. The Morgan fingerprint density at radius 1 is 1.19 bits per heavy atom. The Bertz CT molecular complexity index is 686. The molecule has 1 fully saturated rings. The third-order valence-electron chi connectivity index (χ3n) is 4.19. The number of carbonyl (C=O) groups excluding carboxylic acids is 1. The van der Waals surface area contributed by atoms with Crippen LogP contribution in [0.25, 0.3) is 0 Å². The highest BCUT2D eigenvalue weighted by Gasteiger charge is 2.22. The molecule has 1 saturated heterocycles. The molecule has 0 bridgehead atoms. The van der Waals surface area contributed by atoms with Gasteiger partial charge in [0.2, 0.25) is 5.88 Å². The predicted octanol–water partition coefficient (Wildman–Crippen LogP) is 3.21. The van der Waals surface area contributed by atoms with Crippen molar-refractivity contribution < 1.29 is 14.3 Å². The number of benzene rings is 1. The van der Waals surface area contributed by atoms with Crippen molar-refractivity contribution in [3.63, 3.8) is 0 Å². The summed E-state index contributed by atoms with van der Waals surface area (Å²) < 4.78 is 11.2.